The molecule has 1 heterocycles. The molecule has 0 radical (unpaired) electrons. The molecule has 0 atom stereocenters. The number of oxime groups is 1. The van der Waals surface area contributed by atoms with Crippen molar-refractivity contribution in [3.63, 3.8) is 0 Å². The Labute approximate surface area is 86.9 Å². The van der Waals surface area contributed by atoms with Gasteiger partial charge in [0.05, 0.1) is 0 Å². The lowest BCUT2D eigenvalue weighted by molar-refractivity contribution is -0.672. The van der Waals surface area contributed by atoms with Crippen LogP contribution < -0.4 is 4.57 Å². The van der Waals surface area contributed by atoms with Crippen LogP contribution in [0.25, 0.3) is 0 Å². The molecule has 0 saturated heterocycles. The van der Waals surface area contributed by atoms with E-state index in [-0.39, 0.29) is 0 Å². The van der Waals surface area contributed by atoms with Crippen molar-refractivity contribution in [2.75, 3.05) is 0 Å². The molecule has 0 aliphatic carbocycles. The zero-order valence-corrected chi connectivity index (χ0v) is 8.63. The maximum absolute atomic E-state index is 8.63. The van der Waals surface area contributed by atoms with E-state index in [2.05, 4.69) is 5.16 Å². The standard InChI is InChI=1S/C7H8N2O.H2O4S/c1-9-5-3-2-4-7(9)6-8-10;1-5(2,3)4/h2-6H,1H3;(H2,1,2,3,4). The lowest BCUT2D eigenvalue weighted by atomic mass is 10.4. The number of aromatic nitrogens is 1. The van der Waals surface area contributed by atoms with E-state index in [0.717, 1.165) is 5.69 Å². The van der Waals surface area contributed by atoms with Crippen molar-refractivity contribution in [1.82, 2.24) is 0 Å². The first kappa shape index (κ1) is 13.5. The lowest BCUT2D eigenvalue weighted by Gasteiger charge is -1.88. The van der Waals surface area contributed by atoms with Crippen LogP contribution in [0.3, 0.4) is 0 Å². The van der Waals surface area contributed by atoms with E-state index < -0.39 is 10.4 Å². The molecule has 0 aliphatic rings. The van der Waals surface area contributed by atoms with Gasteiger partial charge < -0.3 is 9.76 Å². The summed E-state index contributed by atoms with van der Waals surface area (Å²) in [4.78, 5) is 0. The van der Waals surface area contributed by atoms with Crippen molar-refractivity contribution in [3.05, 3.63) is 30.1 Å². The quantitative estimate of drug-likeness (QED) is 0.167. The third-order valence-electron chi connectivity index (χ3n) is 1.29. The van der Waals surface area contributed by atoms with Gasteiger partial charge in [-0.2, -0.15) is 0 Å². The minimum absolute atomic E-state index is 0.866. The average Bonchev–Trinajstić information content (AvgIpc) is 2.06. The average molecular weight is 234 g/mol. The summed E-state index contributed by atoms with van der Waals surface area (Å²) in [6.45, 7) is 0. The molecule has 2 N–H and O–H groups in total. The second-order valence-electron chi connectivity index (χ2n) is 2.41. The molecule has 0 fully saturated rings. The number of hydrogen-bond donors (Lipinski definition) is 2. The highest BCUT2D eigenvalue weighted by Gasteiger charge is 1.98. The van der Waals surface area contributed by atoms with Gasteiger partial charge in [-0.25, -0.2) is 13.0 Å². The van der Waals surface area contributed by atoms with Crippen LogP contribution in [-0.4, -0.2) is 28.9 Å². The summed E-state index contributed by atoms with van der Waals surface area (Å²) < 4.78 is 34.7. The van der Waals surface area contributed by atoms with Gasteiger partial charge in [0.15, 0.2) is 6.20 Å². The van der Waals surface area contributed by atoms with Gasteiger partial charge in [-0.3, -0.25) is 4.55 Å². The molecule has 1 aromatic rings. The molecule has 8 heteroatoms. The van der Waals surface area contributed by atoms with Crippen molar-refractivity contribution in [3.8, 4) is 0 Å². The summed E-state index contributed by atoms with van der Waals surface area (Å²) in [5.41, 5.74) is 0.866. The summed E-state index contributed by atoms with van der Waals surface area (Å²) in [6, 6.07) is 5.66. The largest absolute Gasteiger partial charge is 0.726 e. The summed E-state index contributed by atoms with van der Waals surface area (Å²) in [7, 11) is -3.03. The van der Waals surface area contributed by atoms with E-state index >= 15 is 0 Å². The zero-order valence-electron chi connectivity index (χ0n) is 7.81. The van der Waals surface area contributed by atoms with E-state index in [1.807, 2.05) is 36.0 Å². The molecule has 7 nitrogen and oxygen atoms in total. The Morgan fingerprint density at radius 3 is 2.47 bits per heavy atom. The maximum Gasteiger partial charge on any atom is 0.226 e. The highest BCUT2D eigenvalue weighted by Crippen LogP contribution is 1.84. The van der Waals surface area contributed by atoms with Gasteiger partial charge in [0.1, 0.15) is 13.3 Å². The maximum atomic E-state index is 8.63. The van der Waals surface area contributed by atoms with E-state index in [1.54, 1.807) is 0 Å². The van der Waals surface area contributed by atoms with E-state index in [4.69, 9.17) is 22.7 Å². The van der Waals surface area contributed by atoms with Crippen LogP contribution in [0.15, 0.2) is 29.6 Å². The van der Waals surface area contributed by atoms with Gasteiger partial charge in [0.25, 0.3) is 0 Å². The van der Waals surface area contributed by atoms with Crippen LogP contribution in [0.4, 0.5) is 0 Å². The summed E-state index contributed by atoms with van der Waals surface area (Å²) in [6.07, 6.45) is 3.27. The molecular weight excluding hydrogens is 224 g/mol. The van der Waals surface area contributed by atoms with Gasteiger partial charge >= 0.3 is 0 Å². The zero-order chi connectivity index (χ0) is 11.9. The number of pyridine rings is 1. The Morgan fingerprint density at radius 1 is 1.53 bits per heavy atom. The Hall–Kier alpha value is -1.51. The lowest BCUT2D eigenvalue weighted by Crippen LogP contribution is -2.32. The fourth-order valence-corrected chi connectivity index (χ4v) is 0.730. The Kier molecular flexibility index (Phi) is 5.45. The molecular formula is C7H10N2O5S. The number of rotatable bonds is 1. The van der Waals surface area contributed by atoms with Gasteiger partial charge in [-0.05, 0) is 6.07 Å². The van der Waals surface area contributed by atoms with E-state index in [1.165, 1.54) is 6.21 Å². The van der Waals surface area contributed by atoms with E-state index in [0.29, 0.717) is 0 Å². The fraction of sp³-hybridized carbons (Fsp3) is 0.143. The number of nitrogens with zero attached hydrogens (tertiary/aromatic N) is 2. The Balaban J connectivity index is 0.000000336. The monoisotopic (exact) mass is 234 g/mol. The summed E-state index contributed by atoms with van der Waals surface area (Å²) in [5.74, 6) is 0. The molecule has 1 aromatic heterocycles. The van der Waals surface area contributed by atoms with Crippen LogP contribution >= 0.6 is 0 Å². The molecule has 1 rings (SSSR count). The molecule has 84 valence electrons. The minimum atomic E-state index is -4.92. The van der Waals surface area contributed by atoms with Crippen molar-refractivity contribution in [2.24, 2.45) is 12.2 Å². The molecule has 0 saturated carbocycles. The number of aryl methyl sites for hydroxylation is 1. The van der Waals surface area contributed by atoms with Crippen LogP contribution in [0.5, 0.6) is 0 Å². The molecule has 0 unspecified atom stereocenters. The second-order valence-corrected chi connectivity index (χ2v) is 3.26. The predicted molar refractivity (Wildman–Crippen MR) is 49.3 cm³/mol. The van der Waals surface area contributed by atoms with Crippen molar-refractivity contribution >= 4 is 16.6 Å². The van der Waals surface area contributed by atoms with E-state index in [9.17, 15) is 0 Å². The van der Waals surface area contributed by atoms with Gasteiger partial charge in [0, 0.05) is 12.1 Å². The predicted octanol–water partition coefficient (Wildman–Crippen LogP) is -0.676. The first-order valence-electron chi connectivity index (χ1n) is 3.65. The first-order chi connectivity index (χ1) is 6.84. The van der Waals surface area contributed by atoms with Gasteiger partial charge in [0.2, 0.25) is 16.1 Å². The van der Waals surface area contributed by atoms with Crippen LogP contribution in [-0.2, 0) is 17.4 Å². The second kappa shape index (κ2) is 6.06. The fourth-order valence-electron chi connectivity index (χ4n) is 0.730. The van der Waals surface area contributed by atoms with Crippen molar-refractivity contribution in [1.29, 1.82) is 0 Å². The van der Waals surface area contributed by atoms with Gasteiger partial charge in [-0.15, -0.1) is 0 Å². The number of hydrogen-bond acceptors (Lipinski definition) is 5. The van der Waals surface area contributed by atoms with Crippen molar-refractivity contribution < 1.29 is 27.3 Å². The first-order valence-corrected chi connectivity index (χ1v) is 5.01. The molecule has 15 heavy (non-hydrogen) atoms. The summed E-state index contributed by atoms with van der Waals surface area (Å²) >= 11 is 0. The highest BCUT2D eigenvalue weighted by molar-refractivity contribution is 7.79. The minimum Gasteiger partial charge on any atom is -0.726 e. The topological polar surface area (TPSA) is 114 Å². The Morgan fingerprint density at radius 2 is 2.07 bits per heavy atom. The van der Waals surface area contributed by atoms with Gasteiger partial charge in [-0.1, -0.05) is 5.16 Å². The molecule has 0 aliphatic heterocycles. The SMILES string of the molecule is C[n+]1ccccc1/C=N/O.O=S(=O)([O-])O. The highest BCUT2D eigenvalue weighted by atomic mass is 32.3. The van der Waals surface area contributed by atoms with Crippen LogP contribution in [0, 0.1) is 0 Å². The molecule has 0 bridgehead atoms. The van der Waals surface area contributed by atoms with Crippen LogP contribution in [0.2, 0.25) is 0 Å². The molecule has 0 amide bonds. The molecule has 0 aromatic carbocycles. The smallest absolute Gasteiger partial charge is 0.226 e. The molecule has 0 spiro atoms. The third-order valence-corrected chi connectivity index (χ3v) is 1.29. The normalized spacial score (nSPS) is 10.9. The summed E-state index contributed by atoms with van der Waals surface area (Å²) in [5, 5.41) is 11.1. The van der Waals surface area contributed by atoms with Crippen molar-refractivity contribution in [2.45, 2.75) is 0 Å². The third kappa shape index (κ3) is 8.81. The Bertz CT molecular complexity index is 421. The van der Waals surface area contributed by atoms with Crippen LogP contribution in [0.1, 0.15) is 5.69 Å².